The lowest BCUT2D eigenvalue weighted by molar-refractivity contribution is 0.214. The van der Waals surface area contributed by atoms with E-state index in [0.29, 0.717) is 5.56 Å². The van der Waals surface area contributed by atoms with Crippen LogP contribution in [0.3, 0.4) is 0 Å². The van der Waals surface area contributed by atoms with Gasteiger partial charge >= 0.3 is 0 Å². The Morgan fingerprint density at radius 3 is 2.44 bits per heavy atom. The Kier molecular flexibility index (Phi) is 2.87. The first-order valence-corrected chi connectivity index (χ1v) is 4.56. The summed E-state index contributed by atoms with van der Waals surface area (Å²) in [6.45, 7) is 0. The van der Waals surface area contributed by atoms with Crippen LogP contribution in [0.1, 0.15) is 17.2 Å². The molecule has 2 rings (SSSR count). The van der Waals surface area contributed by atoms with E-state index in [1.54, 1.807) is 0 Å². The number of hydrogen-bond donors (Lipinski definition) is 1. The Labute approximate surface area is 90.4 Å². The molecule has 0 bridgehead atoms. The van der Waals surface area contributed by atoms with Crippen LogP contribution in [-0.2, 0) is 0 Å². The smallest absolute Gasteiger partial charge is 0.132 e. The van der Waals surface area contributed by atoms with E-state index < -0.39 is 17.7 Å². The minimum Gasteiger partial charge on any atom is -0.383 e. The van der Waals surface area contributed by atoms with E-state index in [2.05, 4.69) is 9.97 Å². The molecule has 1 aromatic carbocycles. The van der Waals surface area contributed by atoms with E-state index in [4.69, 9.17) is 0 Å². The molecule has 1 N–H and O–H groups in total. The molecular weight excluding hydrogens is 214 g/mol. The fraction of sp³-hybridized carbons (Fsp3) is 0.0909. The highest BCUT2D eigenvalue weighted by molar-refractivity contribution is 5.28. The topological polar surface area (TPSA) is 46.0 Å². The van der Waals surface area contributed by atoms with Gasteiger partial charge < -0.3 is 5.11 Å². The summed E-state index contributed by atoms with van der Waals surface area (Å²) in [6, 6.07) is 3.01. The number of benzene rings is 1. The van der Waals surface area contributed by atoms with Gasteiger partial charge in [0.05, 0.1) is 0 Å². The van der Waals surface area contributed by atoms with Crippen molar-refractivity contribution in [3.63, 3.8) is 0 Å². The van der Waals surface area contributed by atoms with Crippen molar-refractivity contribution < 1.29 is 13.9 Å². The number of halogens is 2. The number of nitrogens with zero attached hydrogens (tertiary/aromatic N) is 2. The molecule has 5 heteroatoms. The molecule has 2 aromatic rings. The van der Waals surface area contributed by atoms with Gasteiger partial charge in [-0.1, -0.05) is 6.07 Å². The van der Waals surface area contributed by atoms with Crippen molar-refractivity contribution in [2.45, 2.75) is 6.10 Å². The second-order valence-electron chi connectivity index (χ2n) is 3.24. The van der Waals surface area contributed by atoms with Gasteiger partial charge in [-0.05, 0) is 6.07 Å². The van der Waals surface area contributed by atoms with Crippen LogP contribution in [0.5, 0.6) is 0 Å². The first kappa shape index (κ1) is 10.6. The van der Waals surface area contributed by atoms with Crippen LogP contribution in [0.4, 0.5) is 8.78 Å². The lowest BCUT2D eigenvalue weighted by Crippen LogP contribution is -2.03. The van der Waals surface area contributed by atoms with Crippen molar-refractivity contribution in [2.24, 2.45) is 0 Å². The van der Waals surface area contributed by atoms with Gasteiger partial charge in [-0.25, -0.2) is 18.7 Å². The van der Waals surface area contributed by atoms with Crippen LogP contribution in [0.25, 0.3) is 0 Å². The molecule has 1 unspecified atom stereocenters. The zero-order valence-corrected chi connectivity index (χ0v) is 8.14. The van der Waals surface area contributed by atoms with Crippen molar-refractivity contribution >= 4 is 0 Å². The van der Waals surface area contributed by atoms with Gasteiger partial charge in [-0.3, -0.25) is 0 Å². The van der Waals surface area contributed by atoms with Crippen molar-refractivity contribution in [1.82, 2.24) is 9.97 Å². The third kappa shape index (κ3) is 2.04. The second-order valence-corrected chi connectivity index (χ2v) is 3.24. The Morgan fingerprint density at radius 2 is 1.81 bits per heavy atom. The summed E-state index contributed by atoms with van der Waals surface area (Å²) in [5.41, 5.74) is 0.351. The Balaban J connectivity index is 2.38. The van der Waals surface area contributed by atoms with Gasteiger partial charge in [0.2, 0.25) is 0 Å². The number of rotatable bonds is 2. The normalized spacial score (nSPS) is 12.4. The zero-order chi connectivity index (χ0) is 11.5. The summed E-state index contributed by atoms with van der Waals surface area (Å²) in [4.78, 5) is 7.42. The molecular formula is C11H8F2N2O. The number of aliphatic hydroxyl groups excluding tert-OH is 1. The van der Waals surface area contributed by atoms with Gasteiger partial charge in [-0.2, -0.15) is 0 Å². The first-order chi connectivity index (χ1) is 7.68. The van der Waals surface area contributed by atoms with Crippen molar-refractivity contribution in [2.75, 3.05) is 0 Å². The molecule has 1 atom stereocenters. The average molecular weight is 222 g/mol. The maximum Gasteiger partial charge on any atom is 0.132 e. The van der Waals surface area contributed by atoms with E-state index in [1.807, 2.05) is 0 Å². The Morgan fingerprint density at radius 1 is 1.12 bits per heavy atom. The largest absolute Gasteiger partial charge is 0.383 e. The van der Waals surface area contributed by atoms with Gasteiger partial charge in [0, 0.05) is 29.6 Å². The van der Waals surface area contributed by atoms with Crippen LogP contribution < -0.4 is 0 Å². The molecule has 0 radical (unpaired) electrons. The number of aromatic nitrogens is 2. The maximum absolute atomic E-state index is 13.3. The summed E-state index contributed by atoms with van der Waals surface area (Å²) in [5, 5.41) is 9.82. The van der Waals surface area contributed by atoms with Crippen LogP contribution in [0.15, 0.2) is 36.9 Å². The summed E-state index contributed by atoms with van der Waals surface area (Å²) in [7, 11) is 0. The van der Waals surface area contributed by atoms with E-state index in [-0.39, 0.29) is 5.56 Å². The molecule has 0 amide bonds. The molecule has 0 aliphatic rings. The summed E-state index contributed by atoms with van der Waals surface area (Å²) in [6.07, 6.45) is 2.86. The van der Waals surface area contributed by atoms with E-state index >= 15 is 0 Å². The first-order valence-electron chi connectivity index (χ1n) is 4.56. The average Bonchev–Trinajstić information content (AvgIpc) is 2.29. The monoisotopic (exact) mass is 222 g/mol. The zero-order valence-electron chi connectivity index (χ0n) is 8.14. The predicted octanol–water partition coefficient (Wildman–Crippen LogP) is 1.84. The van der Waals surface area contributed by atoms with Crippen molar-refractivity contribution in [3.05, 3.63) is 59.7 Å². The fourth-order valence-electron chi connectivity index (χ4n) is 1.35. The molecule has 1 heterocycles. The summed E-state index contributed by atoms with van der Waals surface area (Å²) < 4.78 is 26.0. The Bertz CT molecular complexity index is 491. The van der Waals surface area contributed by atoms with E-state index in [0.717, 1.165) is 12.1 Å². The molecule has 3 nitrogen and oxygen atoms in total. The van der Waals surface area contributed by atoms with Gasteiger partial charge in [0.15, 0.2) is 0 Å². The summed E-state index contributed by atoms with van der Waals surface area (Å²) in [5.74, 6) is -1.48. The van der Waals surface area contributed by atoms with Crippen LogP contribution >= 0.6 is 0 Å². The third-order valence-electron chi connectivity index (χ3n) is 2.15. The van der Waals surface area contributed by atoms with Gasteiger partial charge in [0.25, 0.3) is 0 Å². The quantitative estimate of drug-likeness (QED) is 0.843. The second kappa shape index (κ2) is 4.32. The molecule has 82 valence electrons. The van der Waals surface area contributed by atoms with Crippen molar-refractivity contribution in [1.29, 1.82) is 0 Å². The molecule has 0 aliphatic heterocycles. The molecule has 1 aromatic heterocycles. The van der Waals surface area contributed by atoms with Crippen LogP contribution in [0.2, 0.25) is 0 Å². The maximum atomic E-state index is 13.3. The highest BCUT2D eigenvalue weighted by Gasteiger charge is 2.15. The molecule has 0 saturated carbocycles. The third-order valence-corrected chi connectivity index (χ3v) is 2.15. The van der Waals surface area contributed by atoms with E-state index in [1.165, 1.54) is 24.8 Å². The molecule has 16 heavy (non-hydrogen) atoms. The lowest BCUT2D eigenvalue weighted by atomic mass is 10.0. The van der Waals surface area contributed by atoms with Crippen LogP contribution in [-0.4, -0.2) is 15.1 Å². The number of hydrogen-bond acceptors (Lipinski definition) is 3. The molecule has 0 fully saturated rings. The van der Waals surface area contributed by atoms with Gasteiger partial charge in [-0.15, -0.1) is 0 Å². The number of aliphatic hydroxyl groups is 1. The fourth-order valence-corrected chi connectivity index (χ4v) is 1.35. The van der Waals surface area contributed by atoms with Crippen LogP contribution in [0, 0.1) is 11.6 Å². The molecule has 0 saturated heterocycles. The summed E-state index contributed by atoms with van der Waals surface area (Å²) >= 11 is 0. The van der Waals surface area contributed by atoms with E-state index in [9.17, 15) is 13.9 Å². The SMILES string of the molecule is OC(c1cncnc1)c1ccc(F)cc1F. The van der Waals surface area contributed by atoms with Gasteiger partial charge in [0.1, 0.15) is 24.1 Å². The molecule has 0 spiro atoms. The molecule has 0 aliphatic carbocycles. The predicted molar refractivity (Wildman–Crippen MR) is 52.5 cm³/mol. The minimum atomic E-state index is -1.19. The van der Waals surface area contributed by atoms with Crippen molar-refractivity contribution in [3.8, 4) is 0 Å². The Hall–Kier alpha value is -1.88. The standard InChI is InChI=1S/C11H8F2N2O/c12-8-1-2-9(10(13)3-8)11(16)7-4-14-6-15-5-7/h1-6,11,16H. The highest BCUT2D eigenvalue weighted by Crippen LogP contribution is 2.23. The highest BCUT2D eigenvalue weighted by atomic mass is 19.1. The lowest BCUT2D eigenvalue weighted by Gasteiger charge is -2.11. The minimum absolute atomic E-state index is 0.00352.